The molecule has 0 aromatic rings. The number of amides is 1. The third-order valence-corrected chi connectivity index (χ3v) is 3.64. The van der Waals surface area contributed by atoms with Crippen LogP contribution in [0, 0.1) is 5.92 Å². The van der Waals surface area contributed by atoms with Gasteiger partial charge in [0.2, 0.25) is 5.91 Å². The zero-order valence-electron chi connectivity index (χ0n) is 12.0. The van der Waals surface area contributed by atoms with Gasteiger partial charge in [-0.1, -0.05) is 6.42 Å². The fraction of sp³-hybridized carbons (Fsp3) is 0.923. The Hall–Kier alpha value is -0.360. The highest BCUT2D eigenvalue weighted by Crippen LogP contribution is 2.27. The summed E-state index contributed by atoms with van der Waals surface area (Å²) in [6, 6.07) is 0.195. The lowest BCUT2D eigenvalue weighted by atomic mass is 9.99. The molecule has 0 aromatic carbocycles. The van der Waals surface area contributed by atoms with Gasteiger partial charge in [0, 0.05) is 39.8 Å². The van der Waals surface area contributed by atoms with E-state index in [0.717, 1.165) is 19.3 Å². The third-order valence-electron chi connectivity index (χ3n) is 3.64. The molecule has 0 radical (unpaired) electrons. The maximum Gasteiger partial charge on any atom is 0.223 e. The summed E-state index contributed by atoms with van der Waals surface area (Å²) in [5.41, 5.74) is 6.01. The first-order valence-corrected chi connectivity index (χ1v) is 6.70. The van der Waals surface area contributed by atoms with Crippen LogP contribution in [0.2, 0.25) is 0 Å². The second-order valence-corrected chi connectivity index (χ2v) is 4.93. The minimum Gasteiger partial charge on any atom is -0.383 e. The standard InChI is InChI=1S/C13H26N2O3.ClH/c1-17-8-6-15(7-9-18-2)13(16)10-11-4-3-5-12(11)14;/h11-12H,3-10,14H2,1-2H3;1H/t11-,12+;/m0./s1. The lowest BCUT2D eigenvalue weighted by Gasteiger charge is -2.24. The van der Waals surface area contributed by atoms with E-state index < -0.39 is 0 Å². The fourth-order valence-electron chi connectivity index (χ4n) is 2.44. The molecule has 19 heavy (non-hydrogen) atoms. The summed E-state index contributed by atoms with van der Waals surface area (Å²) in [5.74, 6) is 0.525. The average Bonchev–Trinajstić information content (AvgIpc) is 2.75. The number of rotatable bonds is 8. The van der Waals surface area contributed by atoms with Gasteiger partial charge in [0.05, 0.1) is 13.2 Å². The van der Waals surface area contributed by atoms with Crippen molar-refractivity contribution in [1.29, 1.82) is 0 Å². The van der Waals surface area contributed by atoms with Crippen molar-refractivity contribution in [2.24, 2.45) is 11.7 Å². The molecule has 1 rings (SSSR count). The number of methoxy groups -OCH3 is 2. The molecule has 0 aliphatic heterocycles. The van der Waals surface area contributed by atoms with E-state index in [1.54, 1.807) is 14.2 Å². The maximum absolute atomic E-state index is 12.2. The predicted molar refractivity (Wildman–Crippen MR) is 77.5 cm³/mol. The Balaban J connectivity index is 0.00000324. The summed E-state index contributed by atoms with van der Waals surface area (Å²) >= 11 is 0. The molecule has 1 aliphatic rings. The van der Waals surface area contributed by atoms with E-state index >= 15 is 0 Å². The van der Waals surface area contributed by atoms with Crippen molar-refractivity contribution in [3.63, 3.8) is 0 Å². The fourth-order valence-corrected chi connectivity index (χ4v) is 2.44. The van der Waals surface area contributed by atoms with Crippen LogP contribution >= 0.6 is 12.4 Å². The smallest absolute Gasteiger partial charge is 0.223 e. The Labute approximate surface area is 122 Å². The van der Waals surface area contributed by atoms with Crippen LogP contribution < -0.4 is 5.73 Å². The zero-order valence-corrected chi connectivity index (χ0v) is 12.8. The first-order valence-electron chi connectivity index (χ1n) is 6.70. The number of nitrogens with zero attached hydrogens (tertiary/aromatic N) is 1. The number of nitrogens with two attached hydrogens (primary N) is 1. The molecule has 5 nitrogen and oxygen atoms in total. The largest absolute Gasteiger partial charge is 0.383 e. The van der Waals surface area contributed by atoms with Gasteiger partial charge >= 0.3 is 0 Å². The van der Waals surface area contributed by atoms with Gasteiger partial charge < -0.3 is 20.1 Å². The van der Waals surface area contributed by atoms with Crippen LogP contribution in [-0.2, 0) is 14.3 Å². The summed E-state index contributed by atoms with van der Waals surface area (Å²) in [7, 11) is 3.29. The molecule has 1 fully saturated rings. The van der Waals surface area contributed by atoms with Crippen LogP contribution in [0.25, 0.3) is 0 Å². The molecule has 0 spiro atoms. The van der Waals surface area contributed by atoms with Crippen molar-refractivity contribution in [3.8, 4) is 0 Å². The van der Waals surface area contributed by atoms with Crippen molar-refractivity contribution >= 4 is 18.3 Å². The molecule has 0 heterocycles. The van der Waals surface area contributed by atoms with Crippen LogP contribution in [0.1, 0.15) is 25.7 Å². The van der Waals surface area contributed by atoms with Gasteiger partial charge in [-0.2, -0.15) is 0 Å². The van der Waals surface area contributed by atoms with E-state index in [-0.39, 0.29) is 24.4 Å². The number of hydrogen-bond donors (Lipinski definition) is 1. The van der Waals surface area contributed by atoms with E-state index in [2.05, 4.69) is 0 Å². The number of carbonyl (C=O) groups is 1. The summed E-state index contributed by atoms with van der Waals surface area (Å²) in [6.07, 6.45) is 3.84. The Bertz CT molecular complexity index is 246. The lowest BCUT2D eigenvalue weighted by Crippen LogP contribution is -2.39. The number of hydrogen-bond acceptors (Lipinski definition) is 4. The first-order chi connectivity index (χ1) is 8.69. The van der Waals surface area contributed by atoms with E-state index in [1.165, 1.54) is 0 Å². The van der Waals surface area contributed by atoms with Crippen molar-refractivity contribution in [2.45, 2.75) is 31.7 Å². The SMILES string of the molecule is COCCN(CCOC)C(=O)C[C@@H]1CCC[C@H]1N.Cl. The van der Waals surface area contributed by atoms with Crippen molar-refractivity contribution < 1.29 is 14.3 Å². The van der Waals surface area contributed by atoms with E-state index in [9.17, 15) is 4.79 Å². The molecule has 2 atom stereocenters. The van der Waals surface area contributed by atoms with Crippen LogP contribution in [0.3, 0.4) is 0 Å². The number of halogens is 1. The van der Waals surface area contributed by atoms with Crippen LogP contribution in [0.4, 0.5) is 0 Å². The van der Waals surface area contributed by atoms with E-state index in [0.29, 0.717) is 38.6 Å². The van der Waals surface area contributed by atoms with Gasteiger partial charge in [0.25, 0.3) is 0 Å². The van der Waals surface area contributed by atoms with Gasteiger partial charge in [-0.25, -0.2) is 0 Å². The molecule has 0 bridgehead atoms. The zero-order chi connectivity index (χ0) is 13.4. The second-order valence-electron chi connectivity index (χ2n) is 4.93. The van der Waals surface area contributed by atoms with Crippen LogP contribution in [0.15, 0.2) is 0 Å². The molecule has 1 saturated carbocycles. The van der Waals surface area contributed by atoms with E-state index in [1.807, 2.05) is 4.90 Å². The summed E-state index contributed by atoms with van der Waals surface area (Å²) < 4.78 is 10.1. The monoisotopic (exact) mass is 294 g/mol. The van der Waals surface area contributed by atoms with Gasteiger partial charge in [-0.15, -0.1) is 12.4 Å². The number of ether oxygens (including phenoxy) is 2. The molecule has 0 aromatic heterocycles. The Kier molecular flexibility index (Phi) is 10.2. The van der Waals surface area contributed by atoms with Gasteiger partial charge in [0.15, 0.2) is 0 Å². The second kappa shape index (κ2) is 10.4. The summed E-state index contributed by atoms with van der Waals surface area (Å²) in [6.45, 7) is 2.37. The summed E-state index contributed by atoms with van der Waals surface area (Å²) in [5, 5.41) is 0. The van der Waals surface area contributed by atoms with Crippen molar-refractivity contribution in [3.05, 3.63) is 0 Å². The molecular weight excluding hydrogens is 268 g/mol. The molecule has 114 valence electrons. The van der Waals surface area contributed by atoms with Crippen molar-refractivity contribution in [1.82, 2.24) is 4.90 Å². The van der Waals surface area contributed by atoms with Gasteiger partial charge in [-0.3, -0.25) is 4.79 Å². The van der Waals surface area contributed by atoms with Crippen molar-refractivity contribution in [2.75, 3.05) is 40.5 Å². The minimum absolute atomic E-state index is 0. The molecule has 1 aliphatic carbocycles. The van der Waals surface area contributed by atoms with E-state index in [4.69, 9.17) is 15.2 Å². The maximum atomic E-state index is 12.2. The Morgan fingerprint density at radius 1 is 1.21 bits per heavy atom. The highest BCUT2D eigenvalue weighted by molar-refractivity contribution is 5.85. The quantitative estimate of drug-likeness (QED) is 0.727. The molecule has 0 unspecified atom stereocenters. The van der Waals surface area contributed by atoms with Gasteiger partial charge in [0.1, 0.15) is 0 Å². The highest BCUT2D eigenvalue weighted by Gasteiger charge is 2.27. The normalized spacial score (nSPS) is 22.1. The minimum atomic E-state index is 0. The third kappa shape index (κ3) is 6.56. The molecule has 2 N–H and O–H groups in total. The molecular formula is C13H27ClN2O3. The Morgan fingerprint density at radius 2 is 1.79 bits per heavy atom. The predicted octanol–water partition coefficient (Wildman–Crippen LogP) is 1.05. The van der Waals surface area contributed by atoms with Crippen LogP contribution in [-0.4, -0.2) is 57.4 Å². The van der Waals surface area contributed by atoms with Gasteiger partial charge in [-0.05, 0) is 18.8 Å². The highest BCUT2D eigenvalue weighted by atomic mass is 35.5. The molecule has 1 amide bonds. The first kappa shape index (κ1) is 18.6. The lowest BCUT2D eigenvalue weighted by molar-refractivity contribution is -0.133. The summed E-state index contributed by atoms with van der Waals surface area (Å²) in [4.78, 5) is 14.0. The molecule has 0 saturated heterocycles. The average molecular weight is 295 g/mol. The van der Waals surface area contributed by atoms with Crippen LogP contribution in [0.5, 0.6) is 0 Å². The number of carbonyl (C=O) groups excluding carboxylic acids is 1. The molecule has 6 heteroatoms. The topological polar surface area (TPSA) is 64.8 Å². The Morgan fingerprint density at radius 3 is 2.21 bits per heavy atom.